The van der Waals surface area contributed by atoms with Gasteiger partial charge >= 0.3 is 13.1 Å². The number of hydrogen-bond donors (Lipinski definition) is 1. The molecule has 1 aromatic heterocycles. The molecule has 1 unspecified atom stereocenters. The second kappa shape index (κ2) is 4.19. The van der Waals surface area contributed by atoms with Gasteiger partial charge in [-0.15, -0.1) is 0 Å². The number of ketones is 1. The third-order valence-electron chi connectivity index (χ3n) is 4.01. The lowest BCUT2D eigenvalue weighted by Gasteiger charge is -2.16. The summed E-state index contributed by atoms with van der Waals surface area (Å²) in [4.78, 5) is 29.2. The summed E-state index contributed by atoms with van der Waals surface area (Å²) in [6.07, 6.45) is 0. The molecule has 0 saturated carbocycles. The van der Waals surface area contributed by atoms with Crippen LogP contribution in [0.2, 0.25) is 0 Å². The maximum absolute atomic E-state index is 12.1. The quantitative estimate of drug-likeness (QED) is 0.574. The van der Waals surface area contributed by atoms with Crippen molar-refractivity contribution >= 4 is 35.4 Å². The molecule has 0 radical (unpaired) electrons. The van der Waals surface area contributed by atoms with Gasteiger partial charge in [-0.1, -0.05) is 18.2 Å². The van der Waals surface area contributed by atoms with E-state index in [1.807, 2.05) is 30.3 Å². The van der Waals surface area contributed by atoms with Crippen LogP contribution < -0.4 is 5.59 Å². The first-order valence-electron chi connectivity index (χ1n) is 6.77. The Morgan fingerprint density at radius 2 is 2.14 bits per heavy atom. The van der Waals surface area contributed by atoms with E-state index in [-0.39, 0.29) is 18.9 Å². The summed E-state index contributed by atoms with van der Waals surface area (Å²) in [5.74, 6) is -0.839. The molecule has 2 aliphatic heterocycles. The van der Waals surface area contributed by atoms with Gasteiger partial charge < -0.3 is 14.3 Å². The van der Waals surface area contributed by atoms with Gasteiger partial charge in [-0.3, -0.25) is 14.5 Å². The van der Waals surface area contributed by atoms with Crippen LogP contribution in [-0.2, 0) is 18.9 Å². The summed E-state index contributed by atoms with van der Waals surface area (Å²) >= 11 is 0. The summed E-state index contributed by atoms with van der Waals surface area (Å²) < 4.78 is 11.0. The Bertz CT molecular complexity index is 725. The minimum absolute atomic E-state index is 0.203. The zero-order valence-corrected chi connectivity index (χ0v) is 11.5. The van der Waals surface area contributed by atoms with Crippen molar-refractivity contribution in [1.82, 2.24) is 9.88 Å². The molecule has 6 nitrogen and oxygen atoms in total. The molecule has 2 saturated heterocycles. The number of likely N-dealkylation sites (tertiary alicyclic amines) is 1. The number of aromatic nitrogens is 1. The van der Waals surface area contributed by atoms with Crippen molar-refractivity contribution < 1.29 is 18.9 Å². The van der Waals surface area contributed by atoms with Gasteiger partial charge in [0.2, 0.25) is 5.60 Å². The summed E-state index contributed by atoms with van der Waals surface area (Å²) in [5.41, 5.74) is 0.114. The van der Waals surface area contributed by atoms with Crippen LogP contribution in [0.5, 0.6) is 0 Å². The van der Waals surface area contributed by atoms with Gasteiger partial charge in [0.1, 0.15) is 0 Å². The van der Waals surface area contributed by atoms with Crippen molar-refractivity contribution in [2.24, 2.45) is 0 Å². The van der Waals surface area contributed by atoms with Gasteiger partial charge in [0.25, 0.3) is 0 Å². The zero-order valence-electron chi connectivity index (χ0n) is 11.5. The largest absolute Gasteiger partial charge is 0.583 e. The van der Waals surface area contributed by atoms with Gasteiger partial charge in [0.15, 0.2) is 5.78 Å². The second-order valence-corrected chi connectivity index (χ2v) is 5.59. The van der Waals surface area contributed by atoms with Crippen molar-refractivity contribution in [2.45, 2.75) is 5.60 Å². The predicted octanol–water partition coefficient (Wildman–Crippen LogP) is -0.310. The van der Waals surface area contributed by atoms with Gasteiger partial charge in [0, 0.05) is 12.1 Å². The van der Waals surface area contributed by atoms with E-state index in [4.69, 9.17) is 9.31 Å². The molecule has 2 aromatic rings. The number of para-hydroxylation sites is 1. The molecule has 106 valence electrons. The lowest BCUT2D eigenvalue weighted by Crippen LogP contribution is -2.46. The molecule has 1 spiro atoms. The molecule has 0 amide bonds. The Morgan fingerprint density at radius 3 is 2.86 bits per heavy atom. The molecule has 2 fully saturated rings. The number of aromatic amines is 1. The molecular weight excluding hydrogens is 271 g/mol. The number of carbonyl (C=O) groups is 2. The zero-order chi connectivity index (χ0) is 14.6. The highest BCUT2D eigenvalue weighted by Crippen LogP contribution is 2.29. The average Bonchev–Trinajstić information content (AvgIpc) is 3.08. The van der Waals surface area contributed by atoms with Crippen LogP contribution in [0.3, 0.4) is 0 Å². The molecule has 3 heterocycles. The van der Waals surface area contributed by atoms with Crippen LogP contribution in [0.25, 0.3) is 10.9 Å². The van der Waals surface area contributed by atoms with Crippen LogP contribution in [0, 0.1) is 0 Å². The molecule has 0 aliphatic carbocycles. The van der Waals surface area contributed by atoms with Gasteiger partial charge in [-0.05, 0) is 24.6 Å². The van der Waals surface area contributed by atoms with Crippen LogP contribution in [0.15, 0.2) is 30.3 Å². The Kier molecular flexibility index (Phi) is 2.52. The topological polar surface area (TPSA) is 71.6 Å². The van der Waals surface area contributed by atoms with Crippen molar-refractivity contribution in [2.75, 3.05) is 20.1 Å². The van der Waals surface area contributed by atoms with E-state index < -0.39 is 18.7 Å². The lowest BCUT2D eigenvalue weighted by molar-refractivity contribution is -0.148. The highest BCUT2D eigenvalue weighted by atomic mass is 16.7. The molecule has 2 aliphatic rings. The smallest absolute Gasteiger partial charge is 0.502 e. The van der Waals surface area contributed by atoms with Gasteiger partial charge in [0.05, 0.1) is 12.1 Å². The number of H-pyrrole nitrogens is 1. The molecule has 7 heteroatoms. The number of nitrogens with zero attached hydrogens (tertiary/aromatic N) is 1. The molecule has 1 N–H and O–H groups in total. The first kappa shape index (κ1) is 12.6. The van der Waals surface area contributed by atoms with Gasteiger partial charge in [-0.25, -0.2) is 0 Å². The molecule has 1 aromatic carbocycles. The summed E-state index contributed by atoms with van der Waals surface area (Å²) in [7, 11) is 0.917. The molecule has 0 bridgehead atoms. The Morgan fingerprint density at radius 1 is 1.33 bits per heavy atom. The van der Waals surface area contributed by atoms with Crippen molar-refractivity contribution in [3.05, 3.63) is 30.3 Å². The molecular formula is C14H13BN2O4. The van der Waals surface area contributed by atoms with Crippen molar-refractivity contribution in [3.63, 3.8) is 0 Å². The number of likely N-dealkylation sites (N-methyl/N-ethyl adjacent to an activating group) is 1. The standard InChI is InChI=1S/C14H13BN2O4/c1-17-7-11(18)14(8-17)13(19)20-15(21-14)12-6-9-4-2-3-5-10(9)16-12/h2-6,16H,7-8H2,1H3. The first-order valence-corrected chi connectivity index (χ1v) is 6.77. The normalized spacial score (nSPS) is 26.2. The highest BCUT2D eigenvalue weighted by Gasteiger charge is 2.61. The Labute approximate surface area is 121 Å². The second-order valence-electron chi connectivity index (χ2n) is 5.59. The van der Waals surface area contributed by atoms with E-state index in [2.05, 4.69) is 4.98 Å². The number of rotatable bonds is 1. The third kappa shape index (κ3) is 1.74. The number of carbonyl (C=O) groups excluding carboxylic acids is 2. The molecule has 21 heavy (non-hydrogen) atoms. The number of Topliss-reactive ketones (excluding diaryl/α,β-unsaturated/α-hetero) is 1. The maximum Gasteiger partial charge on any atom is 0.583 e. The highest BCUT2D eigenvalue weighted by molar-refractivity contribution is 6.65. The summed E-state index contributed by atoms with van der Waals surface area (Å²) in [5, 5.41) is 1.00. The number of benzene rings is 1. The van der Waals surface area contributed by atoms with Crippen LogP contribution >= 0.6 is 0 Å². The van der Waals surface area contributed by atoms with Crippen molar-refractivity contribution in [3.8, 4) is 0 Å². The fourth-order valence-corrected chi connectivity index (χ4v) is 2.98. The average molecular weight is 284 g/mol. The van der Waals surface area contributed by atoms with E-state index >= 15 is 0 Å². The number of nitrogens with one attached hydrogen (secondary N) is 1. The Hall–Kier alpha value is -2.12. The minimum atomic E-state index is -1.46. The fourth-order valence-electron chi connectivity index (χ4n) is 2.98. The van der Waals surface area contributed by atoms with E-state index in [1.54, 1.807) is 11.9 Å². The minimum Gasteiger partial charge on any atom is -0.502 e. The third-order valence-corrected chi connectivity index (χ3v) is 4.01. The van der Waals surface area contributed by atoms with Crippen LogP contribution in [0.1, 0.15) is 0 Å². The van der Waals surface area contributed by atoms with Gasteiger partial charge in [-0.2, -0.15) is 0 Å². The molecule has 1 atom stereocenters. The van der Waals surface area contributed by atoms with Crippen LogP contribution in [0.4, 0.5) is 0 Å². The van der Waals surface area contributed by atoms with E-state index in [0.29, 0.717) is 5.59 Å². The van der Waals surface area contributed by atoms with E-state index in [0.717, 1.165) is 10.9 Å². The van der Waals surface area contributed by atoms with Crippen LogP contribution in [-0.4, -0.2) is 54.5 Å². The number of fused-ring (bicyclic) bond motifs is 1. The lowest BCUT2D eigenvalue weighted by atomic mass is 9.85. The van der Waals surface area contributed by atoms with E-state index in [9.17, 15) is 9.59 Å². The summed E-state index contributed by atoms with van der Waals surface area (Å²) in [6, 6.07) is 9.60. The maximum atomic E-state index is 12.1. The fraction of sp³-hybridized carbons (Fsp3) is 0.286. The molecule has 4 rings (SSSR count). The predicted molar refractivity (Wildman–Crippen MR) is 76.1 cm³/mol. The Balaban J connectivity index is 1.69. The first-order chi connectivity index (χ1) is 10.1. The van der Waals surface area contributed by atoms with E-state index in [1.165, 1.54) is 0 Å². The van der Waals surface area contributed by atoms with Crippen molar-refractivity contribution in [1.29, 1.82) is 0 Å². The number of hydrogen-bond acceptors (Lipinski definition) is 5. The SMILES string of the molecule is CN1CC(=O)C2(C1)OB(c1cc3ccccc3[nH]1)OC2=O. The summed E-state index contributed by atoms with van der Waals surface area (Å²) in [6.45, 7) is 0.440. The monoisotopic (exact) mass is 284 g/mol.